The Balaban J connectivity index is 1.60. The Hall–Kier alpha value is -1.75. The van der Waals surface area contributed by atoms with Gasteiger partial charge < -0.3 is 19.5 Å². The van der Waals surface area contributed by atoms with Crippen LogP contribution in [0.15, 0.2) is 24.3 Å². The number of para-hydroxylation sites is 2. The predicted octanol–water partition coefficient (Wildman–Crippen LogP) is 1.51. The van der Waals surface area contributed by atoms with Crippen LogP contribution in [0.4, 0.5) is 0 Å². The Morgan fingerprint density at radius 1 is 1.30 bits per heavy atom. The summed E-state index contributed by atoms with van der Waals surface area (Å²) in [5.74, 6) is 1.15. The number of nitrogens with one attached hydrogen (secondary N) is 1. The first-order valence-corrected chi connectivity index (χ1v) is 7.05. The van der Waals surface area contributed by atoms with E-state index in [1.165, 1.54) is 0 Å². The number of carbonyl (C=O) groups excluding carboxylic acids is 1. The van der Waals surface area contributed by atoms with E-state index >= 15 is 0 Å². The average molecular weight is 277 g/mol. The van der Waals surface area contributed by atoms with Crippen LogP contribution in [-0.2, 0) is 9.53 Å². The minimum Gasteiger partial charge on any atom is -0.482 e. The highest BCUT2D eigenvalue weighted by atomic mass is 16.6. The normalized spacial score (nSPS) is 28.1. The molecule has 1 N–H and O–H groups in total. The second kappa shape index (κ2) is 5.71. The Kier molecular flexibility index (Phi) is 3.78. The second-order valence-electron chi connectivity index (χ2n) is 5.19. The molecule has 5 nitrogen and oxygen atoms in total. The smallest absolute Gasteiger partial charge is 0.265 e. The zero-order valence-corrected chi connectivity index (χ0v) is 11.5. The summed E-state index contributed by atoms with van der Waals surface area (Å²) < 4.78 is 17.0. The number of ether oxygens (including phenoxy) is 3. The Morgan fingerprint density at radius 2 is 2.05 bits per heavy atom. The summed E-state index contributed by atoms with van der Waals surface area (Å²) in [5.41, 5.74) is 0. The number of rotatable bonds is 3. The molecule has 0 aromatic heterocycles. The zero-order chi connectivity index (χ0) is 13.9. The van der Waals surface area contributed by atoms with E-state index < -0.39 is 6.10 Å². The fourth-order valence-corrected chi connectivity index (χ4v) is 2.53. The van der Waals surface area contributed by atoms with Crippen LogP contribution in [0, 0.1) is 0 Å². The molecule has 0 aliphatic carbocycles. The van der Waals surface area contributed by atoms with Crippen molar-refractivity contribution in [2.75, 3.05) is 13.2 Å². The van der Waals surface area contributed by atoms with Gasteiger partial charge in [0, 0.05) is 13.2 Å². The second-order valence-corrected chi connectivity index (χ2v) is 5.19. The van der Waals surface area contributed by atoms with Crippen LogP contribution in [0.25, 0.3) is 0 Å². The highest BCUT2D eigenvalue weighted by Crippen LogP contribution is 2.33. The first-order valence-electron chi connectivity index (χ1n) is 7.05. The fourth-order valence-electron chi connectivity index (χ4n) is 2.53. The van der Waals surface area contributed by atoms with E-state index in [2.05, 4.69) is 5.32 Å². The molecule has 108 valence electrons. The van der Waals surface area contributed by atoms with Gasteiger partial charge in [-0.05, 0) is 31.9 Å². The lowest BCUT2D eigenvalue weighted by Crippen LogP contribution is -2.50. The van der Waals surface area contributed by atoms with E-state index in [0.717, 1.165) is 19.4 Å². The summed E-state index contributed by atoms with van der Waals surface area (Å²) in [6.07, 6.45) is 1.26. The molecule has 0 saturated carbocycles. The highest BCUT2D eigenvalue weighted by Gasteiger charge is 2.34. The van der Waals surface area contributed by atoms with Gasteiger partial charge in [-0.15, -0.1) is 0 Å². The summed E-state index contributed by atoms with van der Waals surface area (Å²) in [6, 6.07) is 7.39. The third kappa shape index (κ3) is 2.72. The Bertz CT molecular complexity index is 485. The monoisotopic (exact) mass is 277 g/mol. The van der Waals surface area contributed by atoms with Gasteiger partial charge in [0.2, 0.25) is 6.10 Å². The van der Waals surface area contributed by atoms with Gasteiger partial charge >= 0.3 is 0 Å². The van der Waals surface area contributed by atoms with Crippen molar-refractivity contribution in [1.29, 1.82) is 0 Å². The molecule has 1 saturated heterocycles. The maximum absolute atomic E-state index is 12.2. The molecule has 1 aromatic carbocycles. The molecule has 0 spiro atoms. The molecule has 2 aliphatic rings. The van der Waals surface area contributed by atoms with Gasteiger partial charge in [-0.3, -0.25) is 4.79 Å². The van der Waals surface area contributed by atoms with Gasteiger partial charge in [0.25, 0.3) is 5.91 Å². The van der Waals surface area contributed by atoms with E-state index in [9.17, 15) is 4.79 Å². The standard InChI is InChI=1S/C15H19NO4/c1-10-14(15(17)16-9-11-5-4-8-18-11)20-13-7-3-2-6-12(13)19-10/h2-3,6-7,10-11,14H,4-5,8-9H2,1H3,(H,16,17). The lowest BCUT2D eigenvalue weighted by atomic mass is 10.1. The third-order valence-corrected chi connectivity index (χ3v) is 3.63. The van der Waals surface area contributed by atoms with Crippen LogP contribution in [0.5, 0.6) is 11.5 Å². The van der Waals surface area contributed by atoms with Crippen LogP contribution >= 0.6 is 0 Å². The first kappa shape index (κ1) is 13.2. The summed E-state index contributed by atoms with van der Waals surface area (Å²) in [7, 11) is 0. The molecule has 0 bridgehead atoms. The fraction of sp³-hybridized carbons (Fsp3) is 0.533. The van der Waals surface area contributed by atoms with Crippen LogP contribution in [0.1, 0.15) is 19.8 Å². The number of hydrogen-bond donors (Lipinski definition) is 1. The number of carbonyl (C=O) groups is 1. The van der Waals surface area contributed by atoms with Crippen LogP contribution in [-0.4, -0.2) is 37.4 Å². The molecule has 2 aliphatic heterocycles. The van der Waals surface area contributed by atoms with Gasteiger partial charge in [-0.25, -0.2) is 0 Å². The van der Waals surface area contributed by atoms with Crippen molar-refractivity contribution in [2.24, 2.45) is 0 Å². The van der Waals surface area contributed by atoms with Crippen molar-refractivity contribution < 1.29 is 19.0 Å². The van der Waals surface area contributed by atoms with Gasteiger partial charge in [0.15, 0.2) is 11.5 Å². The molecule has 1 aromatic rings. The highest BCUT2D eigenvalue weighted by molar-refractivity contribution is 5.82. The number of amides is 1. The predicted molar refractivity (Wildman–Crippen MR) is 72.9 cm³/mol. The molecule has 2 heterocycles. The van der Waals surface area contributed by atoms with Crippen molar-refractivity contribution in [3.8, 4) is 11.5 Å². The Labute approximate surface area is 118 Å². The van der Waals surface area contributed by atoms with Gasteiger partial charge in [0.05, 0.1) is 6.10 Å². The number of fused-ring (bicyclic) bond motifs is 1. The maximum Gasteiger partial charge on any atom is 0.265 e. The van der Waals surface area contributed by atoms with Crippen molar-refractivity contribution in [1.82, 2.24) is 5.32 Å². The average Bonchev–Trinajstić information content (AvgIpc) is 2.97. The molecular weight excluding hydrogens is 258 g/mol. The number of hydrogen-bond acceptors (Lipinski definition) is 4. The van der Waals surface area contributed by atoms with Gasteiger partial charge in [-0.1, -0.05) is 12.1 Å². The van der Waals surface area contributed by atoms with Gasteiger partial charge in [0.1, 0.15) is 6.10 Å². The summed E-state index contributed by atoms with van der Waals surface area (Å²) >= 11 is 0. The topological polar surface area (TPSA) is 56.8 Å². The SMILES string of the molecule is CC1Oc2ccccc2OC1C(=O)NCC1CCCO1. The third-order valence-electron chi connectivity index (χ3n) is 3.63. The van der Waals surface area contributed by atoms with E-state index in [4.69, 9.17) is 14.2 Å². The van der Waals surface area contributed by atoms with Gasteiger partial charge in [-0.2, -0.15) is 0 Å². The van der Waals surface area contributed by atoms with Crippen molar-refractivity contribution in [2.45, 2.75) is 38.1 Å². The van der Waals surface area contributed by atoms with Crippen LogP contribution in [0.2, 0.25) is 0 Å². The van der Waals surface area contributed by atoms with Crippen LogP contribution < -0.4 is 14.8 Å². The lowest BCUT2D eigenvalue weighted by Gasteiger charge is -2.31. The quantitative estimate of drug-likeness (QED) is 0.910. The van der Waals surface area contributed by atoms with Crippen molar-refractivity contribution >= 4 is 5.91 Å². The zero-order valence-electron chi connectivity index (χ0n) is 11.5. The molecule has 3 atom stereocenters. The summed E-state index contributed by atoms with van der Waals surface area (Å²) in [5, 5.41) is 2.89. The van der Waals surface area contributed by atoms with E-state index in [1.54, 1.807) is 0 Å². The van der Waals surface area contributed by atoms with E-state index in [-0.39, 0.29) is 18.1 Å². The van der Waals surface area contributed by atoms with E-state index in [0.29, 0.717) is 18.0 Å². The molecular formula is C15H19NO4. The largest absolute Gasteiger partial charge is 0.482 e. The minimum atomic E-state index is -0.619. The van der Waals surface area contributed by atoms with E-state index in [1.807, 2.05) is 31.2 Å². The van der Waals surface area contributed by atoms with Crippen molar-refractivity contribution in [3.63, 3.8) is 0 Å². The maximum atomic E-state index is 12.2. The minimum absolute atomic E-state index is 0.131. The molecule has 1 fully saturated rings. The molecule has 5 heteroatoms. The molecule has 1 amide bonds. The first-order chi connectivity index (χ1) is 9.74. The molecule has 3 rings (SSSR count). The summed E-state index contributed by atoms with van der Waals surface area (Å²) in [6.45, 7) is 3.16. The Morgan fingerprint density at radius 3 is 2.75 bits per heavy atom. The molecule has 3 unspecified atom stereocenters. The van der Waals surface area contributed by atoms with Crippen molar-refractivity contribution in [3.05, 3.63) is 24.3 Å². The number of benzene rings is 1. The molecule has 0 radical (unpaired) electrons. The van der Waals surface area contributed by atoms with Crippen LogP contribution in [0.3, 0.4) is 0 Å². The summed E-state index contributed by atoms with van der Waals surface area (Å²) in [4.78, 5) is 12.2. The lowest BCUT2D eigenvalue weighted by molar-refractivity contribution is -0.133. The molecule has 20 heavy (non-hydrogen) atoms.